The van der Waals surface area contributed by atoms with Crippen LogP contribution in [0.4, 0.5) is 0 Å². The van der Waals surface area contributed by atoms with Gasteiger partial charge in [-0.3, -0.25) is 0 Å². The lowest BCUT2D eigenvalue weighted by molar-refractivity contribution is 0.00578. The maximum absolute atomic E-state index is 6.32. The minimum absolute atomic E-state index is 0.165. The molecule has 0 bridgehead atoms. The largest absolute Gasteiger partial charge is 0.494 e. The Balaban J connectivity index is 0.000000119. The van der Waals surface area contributed by atoms with Gasteiger partial charge in [-0.15, -0.1) is 0 Å². The maximum Gasteiger partial charge on any atom is 0.494 e. The number of hydrogen-bond donors (Lipinski definition) is 0. The molecule has 0 N–H and O–H groups in total. The van der Waals surface area contributed by atoms with Gasteiger partial charge in [-0.25, -0.2) is 19.9 Å². The summed E-state index contributed by atoms with van der Waals surface area (Å²) in [6.07, 6.45) is 0. The van der Waals surface area contributed by atoms with E-state index in [1.807, 2.05) is 133 Å². The smallest absolute Gasteiger partial charge is 0.456 e. The van der Waals surface area contributed by atoms with Crippen molar-refractivity contribution in [2.75, 3.05) is 0 Å². The minimum Gasteiger partial charge on any atom is -0.456 e. The van der Waals surface area contributed by atoms with Crippen molar-refractivity contribution in [3.63, 3.8) is 0 Å². The number of benzene rings is 14. The highest BCUT2D eigenvalue weighted by atomic mass is 35.5. The molecule has 0 saturated carbocycles. The van der Waals surface area contributed by atoms with Crippen LogP contribution in [0.5, 0.6) is 0 Å². The van der Waals surface area contributed by atoms with Crippen LogP contribution >= 0.6 is 11.6 Å². The molecule has 18 aromatic rings. The summed E-state index contributed by atoms with van der Waals surface area (Å²) >= 11 is 6.21. The number of para-hydroxylation sites is 2. The molecule has 12 heteroatoms. The number of furan rings is 2. The van der Waals surface area contributed by atoms with Crippen LogP contribution in [0.2, 0.25) is 5.28 Å². The van der Waals surface area contributed by atoms with E-state index in [-0.39, 0.29) is 29.0 Å². The van der Waals surface area contributed by atoms with E-state index in [2.05, 4.69) is 261 Å². The number of aromatic nitrogens is 6. The van der Waals surface area contributed by atoms with Crippen molar-refractivity contribution >= 4 is 68.1 Å². The van der Waals surface area contributed by atoms with Gasteiger partial charge in [0.05, 0.1) is 22.0 Å². The Hall–Kier alpha value is -13.0. The Morgan fingerprint density at radius 3 is 0.964 bits per heavy atom. The summed E-state index contributed by atoms with van der Waals surface area (Å²) in [7, 11) is -0.366. The molecule has 526 valence electrons. The molecule has 21 rings (SSSR count). The molecule has 5 heterocycles. The maximum atomic E-state index is 6.32. The van der Waals surface area contributed by atoms with E-state index in [4.69, 9.17) is 44.7 Å². The number of rotatable bonds is 10. The van der Waals surface area contributed by atoms with E-state index in [0.29, 0.717) is 29.1 Å². The molecule has 10 nitrogen and oxygen atoms in total. The van der Waals surface area contributed by atoms with Gasteiger partial charge in [0.15, 0.2) is 29.1 Å². The minimum atomic E-state index is -0.468. The highest BCUT2D eigenvalue weighted by molar-refractivity contribution is 6.62. The molecule has 14 aromatic carbocycles. The van der Waals surface area contributed by atoms with Gasteiger partial charge in [0.2, 0.25) is 5.28 Å². The van der Waals surface area contributed by atoms with Crippen LogP contribution in [-0.2, 0) is 20.1 Å². The van der Waals surface area contributed by atoms with Gasteiger partial charge in [0, 0.05) is 49.4 Å². The second-order valence-corrected chi connectivity index (χ2v) is 29.4. The zero-order valence-electron chi connectivity index (χ0n) is 60.8. The predicted octanol–water partition coefficient (Wildman–Crippen LogP) is 23.2. The molecule has 1 fully saturated rings. The molecular formula is C98H70BClN6O4. The zero-order chi connectivity index (χ0) is 74.1. The van der Waals surface area contributed by atoms with Gasteiger partial charge in [-0.2, -0.15) is 9.97 Å². The summed E-state index contributed by atoms with van der Waals surface area (Å²) < 4.78 is 24.8. The Bertz CT molecular complexity index is 6410. The average Bonchev–Trinajstić information content (AvgIpc) is 1.54. The van der Waals surface area contributed by atoms with Gasteiger partial charge >= 0.3 is 7.12 Å². The van der Waals surface area contributed by atoms with Crippen molar-refractivity contribution in [3.05, 3.63) is 402 Å². The summed E-state index contributed by atoms with van der Waals surface area (Å²) in [4.78, 5) is 28.6. The van der Waals surface area contributed by atoms with Gasteiger partial charge in [0.1, 0.15) is 22.3 Å². The third-order valence-electron chi connectivity index (χ3n) is 22.4. The number of hydrogen-bond acceptors (Lipinski definition) is 10. The number of fused-ring (bicyclic) bond motifs is 12. The van der Waals surface area contributed by atoms with Gasteiger partial charge in [-0.05, 0) is 136 Å². The molecule has 110 heavy (non-hydrogen) atoms. The van der Waals surface area contributed by atoms with E-state index >= 15 is 0 Å². The fourth-order valence-electron chi connectivity index (χ4n) is 16.6. The second-order valence-electron chi connectivity index (χ2n) is 29.0. The first-order valence-electron chi connectivity index (χ1n) is 37.1. The van der Waals surface area contributed by atoms with Crippen molar-refractivity contribution in [1.29, 1.82) is 0 Å². The van der Waals surface area contributed by atoms with Crippen LogP contribution in [0, 0.1) is 0 Å². The van der Waals surface area contributed by atoms with E-state index in [1.165, 1.54) is 66.8 Å². The van der Waals surface area contributed by atoms with Crippen LogP contribution in [0.15, 0.2) is 361 Å². The van der Waals surface area contributed by atoms with E-state index in [9.17, 15) is 0 Å². The number of nitrogens with zero attached hydrogens (tertiary/aromatic N) is 6. The summed E-state index contributed by atoms with van der Waals surface area (Å²) in [6, 6.07) is 122. The molecule has 2 aliphatic carbocycles. The monoisotopic (exact) mass is 1440 g/mol. The van der Waals surface area contributed by atoms with Crippen molar-refractivity contribution in [2.24, 2.45) is 0 Å². The Kier molecular flexibility index (Phi) is 16.8. The molecule has 0 amide bonds. The van der Waals surface area contributed by atoms with Crippen LogP contribution in [0.3, 0.4) is 0 Å². The van der Waals surface area contributed by atoms with Gasteiger partial charge in [-0.1, -0.05) is 328 Å². The normalized spacial score (nSPS) is 14.4. The molecule has 4 aromatic heterocycles. The molecule has 0 atom stereocenters. The lowest BCUT2D eigenvalue weighted by Gasteiger charge is -2.34. The van der Waals surface area contributed by atoms with Crippen LogP contribution < -0.4 is 5.46 Å². The third-order valence-corrected chi connectivity index (χ3v) is 22.5. The Morgan fingerprint density at radius 2 is 0.545 bits per heavy atom. The first kappa shape index (κ1) is 67.6. The van der Waals surface area contributed by atoms with Crippen molar-refractivity contribution in [1.82, 2.24) is 29.9 Å². The molecular weight excluding hydrogens is 1370 g/mol. The lowest BCUT2D eigenvalue weighted by atomic mass is 9.67. The molecule has 3 aliphatic rings. The first-order chi connectivity index (χ1) is 53.9. The third kappa shape index (κ3) is 11.3. The number of halogens is 1. The van der Waals surface area contributed by atoms with Gasteiger partial charge in [0.25, 0.3) is 0 Å². The lowest BCUT2D eigenvalue weighted by Crippen LogP contribution is -2.41. The van der Waals surface area contributed by atoms with Gasteiger partial charge < -0.3 is 18.1 Å². The second kappa shape index (κ2) is 27.3. The first-order valence-corrected chi connectivity index (χ1v) is 37.5. The SMILES string of the molecule is CC1(C)OB(c2ccc(C3(c4ccccc4)c4ccccc4-c4ccccc43)cc2)OC1(C)C.Clc1nc(-c2ccccc2)nc(-c2cccc3oc4ccccc4c23)n1.c1ccc(-c2nc(-c3ccc(C4(c5ccccc5)c5ccccc5-c5ccccc54)cc3)nc(-c3cccc4oc5ccccc5c34)n2)cc1. The topological polar surface area (TPSA) is 122 Å². The average molecular weight is 1440 g/mol. The molecule has 1 saturated heterocycles. The summed E-state index contributed by atoms with van der Waals surface area (Å²) in [5.41, 5.74) is 22.6. The van der Waals surface area contributed by atoms with Crippen LogP contribution in [0.1, 0.15) is 72.2 Å². The Morgan fingerprint density at radius 1 is 0.255 bits per heavy atom. The summed E-state index contributed by atoms with van der Waals surface area (Å²) in [5.74, 6) is 2.92. The Labute approximate surface area is 642 Å². The standard InChI is InChI=1S/C46H29N3O.C31H29BO2.C21H12ClN3O/c1-3-14-30(15-4-1)43-47-44(49-45(48-43)37-21-13-25-41-42(37)36-20-9-12-24-40(36)50-41)31-26-28-33(29-27-31)46(32-16-5-2-6-17-32)38-22-10-7-18-34(38)35-19-8-11-23-39(35)46;1-29(2)30(3,4)34-32(33-29)24-20-18-23(19-21-24)31(22-12-6-5-7-13-22)27-16-10-8-14-25(27)26-15-9-11-17-28(26)31;22-21-24-19(13-7-2-1-3-8-13)23-20(25-21)15-10-6-12-17-18(15)14-9-4-5-11-16(14)26-17/h1-29H;5-21H,1-4H3;1-12H. The van der Waals surface area contributed by atoms with E-state index in [0.717, 1.165) is 77.2 Å². The highest BCUT2D eigenvalue weighted by Gasteiger charge is 2.53. The fraction of sp³-hybridized carbons (Fsp3) is 0.0816. The highest BCUT2D eigenvalue weighted by Crippen LogP contribution is 2.58. The summed E-state index contributed by atoms with van der Waals surface area (Å²) in [5, 5.41) is 4.20. The molecule has 0 radical (unpaired) electrons. The van der Waals surface area contributed by atoms with E-state index in [1.54, 1.807) is 0 Å². The molecule has 0 unspecified atom stereocenters. The molecule has 1 aliphatic heterocycles. The zero-order valence-corrected chi connectivity index (χ0v) is 61.5. The van der Waals surface area contributed by atoms with Crippen molar-refractivity contribution < 1.29 is 18.1 Å². The van der Waals surface area contributed by atoms with Crippen LogP contribution in [0.25, 0.3) is 123 Å². The van der Waals surface area contributed by atoms with Crippen molar-refractivity contribution in [3.8, 4) is 79.2 Å². The summed E-state index contributed by atoms with van der Waals surface area (Å²) in [6.45, 7) is 8.38. The van der Waals surface area contributed by atoms with Crippen molar-refractivity contribution in [2.45, 2.75) is 49.7 Å². The van der Waals surface area contributed by atoms with Crippen LogP contribution in [-0.4, -0.2) is 48.2 Å². The molecule has 0 spiro atoms. The fourth-order valence-corrected chi connectivity index (χ4v) is 16.8. The quantitative estimate of drug-likeness (QED) is 0.122. The van der Waals surface area contributed by atoms with E-state index < -0.39 is 5.41 Å². The predicted molar refractivity (Wildman–Crippen MR) is 443 cm³/mol.